The number of aromatic nitrogens is 1. The highest BCUT2D eigenvalue weighted by Crippen LogP contribution is 2.13. The summed E-state index contributed by atoms with van der Waals surface area (Å²) in [4.78, 5) is 4.22. The lowest BCUT2D eigenvalue weighted by atomic mass is 10.6. The predicted molar refractivity (Wildman–Crippen MR) is 54.3 cm³/mol. The number of nitrogens with one attached hydrogen (secondary N) is 1. The van der Waals surface area contributed by atoms with Crippen LogP contribution in [0.4, 0.5) is 5.13 Å². The summed E-state index contributed by atoms with van der Waals surface area (Å²) in [5.74, 6) is 0.679. The molecular weight excluding hydrogens is 192 g/mol. The van der Waals surface area contributed by atoms with Gasteiger partial charge in [-0.2, -0.15) is 0 Å². The molecule has 0 saturated carbocycles. The zero-order chi connectivity index (χ0) is 8.97. The molecule has 3 nitrogen and oxygen atoms in total. The van der Waals surface area contributed by atoms with Gasteiger partial charge in [0.05, 0.1) is 5.69 Å². The van der Waals surface area contributed by atoms with Crippen LogP contribution in [0.3, 0.4) is 0 Å². The maximum absolute atomic E-state index is 10.7. The first-order chi connectivity index (χ1) is 5.68. The van der Waals surface area contributed by atoms with Crippen molar-refractivity contribution >= 4 is 27.3 Å². The maximum Gasteiger partial charge on any atom is 0.182 e. The van der Waals surface area contributed by atoms with E-state index in [0.29, 0.717) is 5.75 Å². The minimum atomic E-state index is -0.718. The van der Waals surface area contributed by atoms with Gasteiger partial charge in [-0.05, 0) is 6.92 Å². The van der Waals surface area contributed by atoms with Crippen LogP contribution in [-0.4, -0.2) is 27.7 Å². The van der Waals surface area contributed by atoms with Crippen molar-refractivity contribution in [3.05, 3.63) is 11.1 Å². The molecule has 1 rings (SSSR count). The molecule has 0 spiro atoms. The van der Waals surface area contributed by atoms with Crippen molar-refractivity contribution in [1.29, 1.82) is 0 Å². The van der Waals surface area contributed by atoms with Crippen LogP contribution in [0.15, 0.2) is 5.38 Å². The molecule has 68 valence electrons. The fraction of sp³-hybridized carbons (Fsp3) is 0.571. The van der Waals surface area contributed by atoms with Crippen molar-refractivity contribution in [3.8, 4) is 0 Å². The third-order valence-corrected chi connectivity index (χ3v) is 2.98. The molecule has 1 aromatic rings. The third kappa shape index (κ3) is 3.32. The van der Waals surface area contributed by atoms with Gasteiger partial charge in [0.25, 0.3) is 0 Å². The molecule has 0 fully saturated rings. The van der Waals surface area contributed by atoms with Gasteiger partial charge in [-0.15, -0.1) is 11.3 Å². The van der Waals surface area contributed by atoms with Crippen molar-refractivity contribution in [2.75, 3.05) is 23.9 Å². The number of rotatable bonds is 4. The molecule has 0 aliphatic rings. The minimum Gasteiger partial charge on any atom is -0.361 e. The van der Waals surface area contributed by atoms with Gasteiger partial charge in [-0.25, -0.2) is 4.98 Å². The monoisotopic (exact) mass is 204 g/mol. The fourth-order valence-corrected chi connectivity index (χ4v) is 1.84. The summed E-state index contributed by atoms with van der Waals surface area (Å²) in [7, 11) is -0.718. The zero-order valence-electron chi connectivity index (χ0n) is 7.16. The standard InChI is InChI=1S/C7H12N2OS2/c1-6-5-11-7(9-6)8-3-4-12(2)10/h5H,3-4H2,1-2H3,(H,8,9). The van der Waals surface area contributed by atoms with E-state index in [4.69, 9.17) is 0 Å². The van der Waals surface area contributed by atoms with Crippen LogP contribution in [0.2, 0.25) is 0 Å². The van der Waals surface area contributed by atoms with Crippen LogP contribution in [0.5, 0.6) is 0 Å². The highest BCUT2D eigenvalue weighted by Gasteiger charge is 1.96. The first-order valence-electron chi connectivity index (χ1n) is 3.64. The van der Waals surface area contributed by atoms with Gasteiger partial charge in [0, 0.05) is 34.7 Å². The molecule has 1 atom stereocenters. The van der Waals surface area contributed by atoms with E-state index in [-0.39, 0.29) is 0 Å². The molecule has 0 amide bonds. The number of hydrogen-bond acceptors (Lipinski definition) is 4. The van der Waals surface area contributed by atoms with Gasteiger partial charge < -0.3 is 5.32 Å². The van der Waals surface area contributed by atoms with Gasteiger partial charge in [0.2, 0.25) is 0 Å². The van der Waals surface area contributed by atoms with Crippen LogP contribution in [0.1, 0.15) is 5.69 Å². The van der Waals surface area contributed by atoms with E-state index in [1.165, 1.54) is 0 Å². The Morgan fingerprint density at radius 2 is 2.50 bits per heavy atom. The largest absolute Gasteiger partial charge is 0.361 e. The molecule has 1 aromatic heterocycles. The topological polar surface area (TPSA) is 42.0 Å². The molecule has 0 bridgehead atoms. The molecule has 1 heterocycles. The zero-order valence-corrected chi connectivity index (χ0v) is 8.80. The van der Waals surface area contributed by atoms with Crippen LogP contribution < -0.4 is 5.32 Å². The Hall–Kier alpha value is -0.420. The van der Waals surface area contributed by atoms with E-state index >= 15 is 0 Å². The lowest BCUT2D eigenvalue weighted by molar-refractivity contribution is 0.687. The highest BCUT2D eigenvalue weighted by atomic mass is 32.2. The van der Waals surface area contributed by atoms with Gasteiger partial charge in [-0.1, -0.05) is 0 Å². The highest BCUT2D eigenvalue weighted by molar-refractivity contribution is 7.84. The molecular formula is C7H12N2OS2. The van der Waals surface area contributed by atoms with Gasteiger partial charge in [0.1, 0.15) is 0 Å². The normalized spacial score (nSPS) is 12.8. The van der Waals surface area contributed by atoms with Crippen LogP contribution in [0.25, 0.3) is 0 Å². The molecule has 0 radical (unpaired) electrons. The summed E-state index contributed by atoms with van der Waals surface area (Å²) < 4.78 is 10.7. The summed E-state index contributed by atoms with van der Waals surface area (Å²) in [6.45, 7) is 2.69. The van der Waals surface area contributed by atoms with Crippen molar-refractivity contribution in [2.45, 2.75) is 6.92 Å². The molecule has 5 heteroatoms. The van der Waals surface area contributed by atoms with Crippen molar-refractivity contribution in [3.63, 3.8) is 0 Å². The van der Waals surface area contributed by atoms with Crippen molar-refractivity contribution < 1.29 is 4.21 Å². The Morgan fingerprint density at radius 1 is 1.75 bits per heavy atom. The average molecular weight is 204 g/mol. The summed E-state index contributed by atoms with van der Waals surface area (Å²) >= 11 is 1.58. The van der Waals surface area contributed by atoms with Gasteiger partial charge in [-0.3, -0.25) is 4.21 Å². The van der Waals surface area contributed by atoms with E-state index in [2.05, 4.69) is 10.3 Å². The smallest absolute Gasteiger partial charge is 0.182 e. The number of hydrogen-bond donors (Lipinski definition) is 1. The lowest BCUT2D eigenvalue weighted by Crippen LogP contribution is -2.09. The minimum absolute atomic E-state index is 0.679. The summed E-state index contributed by atoms with van der Waals surface area (Å²) in [6, 6.07) is 0. The second-order valence-electron chi connectivity index (χ2n) is 2.50. The van der Waals surface area contributed by atoms with E-state index in [9.17, 15) is 4.21 Å². The van der Waals surface area contributed by atoms with Gasteiger partial charge >= 0.3 is 0 Å². The first kappa shape index (κ1) is 9.67. The van der Waals surface area contributed by atoms with E-state index in [0.717, 1.165) is 17.4 Å². The van der Waals surface area contributed by atoms with Crippen molar-refractivity contribution in [2.24, 2.45) is 0 Å². The fourth-order valence-electron chi connectivity index (χ4n) is 0.737. The quantitative estimate of drug-likeness (QED) is 0.802. The average Bonchev–Trinajstić information content (AvgIpc) is 2.35. The lowest BCUT2D eigenvalue weighted by Gasteiger charge is -1.98. The summed E-state index contributed by atoms with van der Waals surface area (Å²) in [6.07, 6.45) is 1.70. The predicted octanol–water partition coefficient (Wildman–Crippen LogP) is 1.24. The van der Waals surface area contributed by atoms with Crippen LogP contribution >= 0.6 is 11.3 Å². The number of thiazole rings is 1. The molecule has 0 aromatic carbocycles. The Kier molecular flexibility index (Phi) is 3.68. The molecule has 0 saturated heterocycles. The number of nitrogens with zero attached hydrogens (tertiary/aromatic N) is 1. The van der Waals surface area contributed by atoms with E-state index < -0.39 is 10.8 Å². The molecule has 12 heavy (non-hydrogen) atoms. The number of aryl methyl sites for hydroxylation is 1. The first-order valence-corrected chi connectivity index (χ1v) is 6.25. The molecule has 1 unspecified atom stereocenters. The van der Waals surface area contributed by atoms with E-state index in [1.807, 2.05) is 12.3 Å². The Bertz CT molecular complexity index is 272. The molecule has 0 aliphatic heterocycles. The Labute approximate surface area is 78.7 Å². The SMILES string of the molecule is Cc1csc(NCCS(C)=O)n1. The molecule has 0 aliphatic carbocycles. The van der Waals surface area contributed by atoms with Crippen LogP contribution in [0, 0.1) is 6.92 Å². The number of anilines is 1. The maximum atomic E-state index is 10.7. The van der Waals surface area contributed by atoms with Gasteiger partial charge in [0.15, 0.2) is 5.13 Å². The van der Waals surface area contributed by atoms with E-state index in [1.54, 1.807) is 17.6 Å². The Balaban J connectivity index is 2.29. The summed E-state index contributed by atoms with van der Waals surface area (Å²) in [5, 5.41) is 6.02. The summed E-state index contributed by atoms with van der Waals surface area (Å²) in [5.41, 5.74) is 1.03. The van der Waals surface area contributed by atoms with Crippen LogP contribution in [-0.2, 0) is 10.8 Å². The Morgan fingerprint density at radius 3 is 3.00 bits per heavy atom. The second-order valence-corrected chi connectivity index (χ2v) is 4.91. The third-order valence-electron chi connectivity index (χ3n) is 1.28. The van der Waals surface area contributed by atoms with Crippen molar-refractivity contribution in [1.82, 2.24) is 4.98 Å². The second kappa shape index (κ2) is 4.57. The molecule has 1 N–H and O–H groups in total.